The van der Waals surface area contributed by atoms with Gasteiger partial charge in [0.15, 0.2) is 0 Å². The zero-order valence-electron chi connectivity index (χ0n) is 12.3. The number of hydrogen-bond donors (Lipinski definition) is 2. The quantitative estimate of drug-likeness (QED) is 0.892. The fourth-order valence-corrected chi connectivity index (χ4v) is 4.25. The number of para-hydroxylation sites is 1. The molecule has 0 aliphatic heterocycles. The van der Waals surface area contributed by atoms with Crippen LogP contribution in [-0.2, 0) is 0 Å². The summed E-state index contributed by atoms with van der Waals surface area (Å²) >= 11 is 0. The standard InChI is InChI=1S/C17H19N3O2/c21-16(18-14-9-8-10-4-3-6-11(10)14)15-12-5-1-2-7-13(12)19-17(22)20-15/h1-2,5,7,10-11,14H,3-4,6,8-9H2,(H,18,21)(H,19,20,22)/t10-,11-,14-/m1/s1. The number of H-pyrrole nitrogens is 1. The van der Waals surface area contributed by atoms with Crippen molar-refractivity contribution >= 4 is 16.8 Å². The number of aromatic nitrogens is 2. The third kappa shape index (κ3) is 2.21. The second-order valence-corrected chi connectivity index (χ2v) is 6.45. The normalized spacial score (nSPS) is 27.0. The molecule has 2 aliphatic rings. The fourth-order valence-electron chi connectivity index (χ4n) is 4.25. The SMILES string of the molecule is O=C(N[C@@H]1CC[C@H]2CCC[C@H]21)c1nc(=O)[nH]c2ccccc12. The van der Waals surface area contributed by atoms with Crippen molar-refractivity contribution < 1.29 is 4.79 Å². The summed E-state index contributed by atoms with van der Waals surface area (Å²) in [6, 6.07) is 7.53. The number of carbonyl (C=O) groups excluding carboxylic acids is 1. The lowest BCUT2D eigenvalue weighted by Gasteiger charge is -2.20. The molecule has 2 N–H and O–H groups in total. The van der Waals surface area contributed by atoms with E-state index in [1.807, 2.05) is 18.2 Å². The summed E-state index contributed by atoms with van der Waals surface area (Å²) in [4.78, 5) is 30.9. The van der Waals surface area contributed by atoms with Crippen LogP contribution in [-0.4, -0.2) is 21.9 Å². The third-order valence-corrected chi connectivity index (χ3v) is 5.25. The highest BCUT2D eigenvalue weighted by Crippen LogP contribution is 2.44. The van der Waals surface area contributed by atoms with E-state index in [1.54, 1.807) is 6.07 Å². The monoisotopic (exact) mass is 297 g/mol. The number of aromatic amines is 1. The highest BCUT2D eigenvalue weighted by molar-refractivity contribution is 6.04. The molecule has 1 amide bonds. The predicted octanol–water partition coefficient (Wildman–Crippen LogP) is 2.23. The lowest BCUT2D eigenvalue weighted by atomic mass is 9.97. The second kappa shape index (κ2) is 5.23. The van der Waals surface area contributed by atoms with E-state index in [0.717, 1.165) is 12.3 Å². The molecule has 1 aromatic heterocycles. The first-order chi connectivity index (χ1) is 10.7. The van der Waals surface area contributed by atoms with E-state index >= 15 is 0 Å². The number of nitrogens with zero attached hydrogens (tertiary/aromatic N) is 1. The van der Waals surface area contributed by atoms with Crippen LogP contribution in [0.3, 0.4) is 0 Å². The van der Waals surface area contributed by atoms with Crippen LogP contribution in [0.4, 0.5) is 0 Å². The largest absolute Gasteiger partial charge is 0.348 e. The maximum absolute atomic E-state index is 12.6. The van der Waals surface area contributed by atoms with Crippen molar-refractivity contribution in [3.8, 4) is 0 Å². The molecule has 5 nitrogen and oxygen atoms in total. The molecule has 0 spiro atoms. The molecule has 4 rings (SSSR count). The molecule has 5 heteroatoms. The minimum Gasteiger partial charge on any atom is -0.348 e. The first-order valence-corrected chi connectivity index (χ1v) is 8.02. The Bertz CT molecular complexity index is 783. The van der Waals surface area contributed by atoms with Crippen LogP contribution in [0.5, 0.6) is 0 Å². The van der Waals surface area contributed by atoms with Crippen molar-refractivity contribution in [2.24, 2.45) is 11.8 Å². The molecule has 0 bridgehead atoms. The molecule has 2 aliphatic carbocycles. The van der Waals surface area contributed by atoms with E-state index in [4.69, 9.17) is 0 Å². The van der Waals surface area contributed by atoms with Gasteiger partial charge in [-0.1, -0.05) is 31.0 Å². The van der Waals surface area contributed by atoms with Crippen LogP contribution in [0.15, 0.2) is 29.1 Å². The van der Waals surface area contributed by atoms with Crippen molar-refractivity contribution in [3.05, 3.63) is 40.4 Å². The Kier molecular flexibility index (Phi) is 3.21. The second-order valence-electron chi connectivity index (χ2n) is 6.45. The average Bonchev–Trinajstić information content (AvgIpc) is 3.11. The van der Waals surface area contributed by atoms with Gasteiger partial charge in [-0.15, -0.1) is 0 Å². The van der Waals surface area contributed by atoms with Crippen molar-refractivity contribution in [3.63, 3.8) is 0 Å². The lowest BCUT2D eigenvalue weighted by molar-refractivity contribution is 0.0923. The summed E-state index contributed by atoms with van der Waals surface area (Å²) in [6.45, 7) is 0. The predicted molar refractivity (Wildman–Crippen MR) is 83.7 cm³/mol. The Labute approximate surface area is 128 Å². The van der Waals surface area contributed by atoms with Gasteiger partial charge >= 0.3 is 5.69 Å². The fraction of sp³-hybridized carbons (Fsp3) is 0.471. The number of rotatable bonds is 2. The van der Waals surface area contributed by atoms with Gasteiger partial charge in [0.2, 0.25) is 0 Å². The van der Waals surface area contributed by atoms with Crippen LogP contribution >= 0.6 is 0 Å². The Balaban J connectivity index is 1.64. The van der Waals surface area contributed by atoms with Crippen molar-refractivity contribution in [1.82, 2.24) is 15.3 Å². The van der Waals surface area contributed by atoms with Gasteiger partial charge in [0.1, 0.15) is 5.69 Å². The summed E-state index contributed by atoms with van der Waals surface area (Å²) in [5, 5.41) is 3.83. The minimum atomic E-state index is -0.478. The van der Waals surface area contributed by atoms with Gasteiger partial charge in [-0.25, -0.2) is 4.79 Å². The molecule has 114 valence electrons. The minimum absolute atomic E-state index is 0.222. The molecule has 22 heavy (non-hydrogen) atoms. The van der Waals surface area contributed by atoms with Gasteiger partial charge < -0.3 is 10.3 Å². The van der Waals surface area contributed by atoms with Crippen LogP contribution in [0.1, 0.15) is 42.6 Å². The first-order valence-electron chi connectivity index (χ1n) is 8.02. The first kappa shape index (κ1) is 13.5. The number of hydrogen-bond acceptors (Lipinski definition) is 3. The Hall–Kier alpha value is -2.17. The Morgan fingerprint density at radius 1 is 1.18 bits per heavy atom. The van der Waals surface area contributed by atoms with Crippen LogP contribution < -0.4 is 11.0 Å². The molecular weight excluding hydrogens is 278 g/mol. The van der Waals surface area contributed by atoms with E-state index in [9.17, 15) is 9.59 Å². The number of carbonyl (C=O) groups is 1. The summed E-state index contributed by atoms with van der Waals surface area (Å²) in [6.07, 6.45) is 6.03. The van der Waals surface area contributed by atoms with Gasteiger partial charge in [-0.05, 0) is 37.2 Å². The van der Waals surface area contributed by atoms with Crippen molar-refractivity contribution in [1.29, 1.82) is 0 Å². The maximum atomic E-state index is 12.6. The number of nitrogens with one attached hydrogen (secondary N) is 2. The zero-order chi connectivity index (χ0) is 15.1. The number of amides is 1. The average molecular weight is 297 g/mol. The Morgan fingerprint density at radius 2 is 2.05 bits per heavy atom. The van der Waals surface area contributed by atoms with Gasteiger partial charge in [0.05, 0.1) is 5.52 Å². The number of benzene rings is 1. The van der Waals surface area contributed by atoms with Gasteiger partial charge in [0, 0.05) is 11.4 Å². The van der Waals surface area contributed by atoms with E-state index < -0.39 is 5.69 Å². The van der Waals surface area contributed by atoms with E-state index in [0.29, 0.717) is 16.8 Å². The van der Waals surface area contributed by atoms with Crippen molar-refractivity contribution in [2.45, 2.75) is 38.1 Å². The van der Waals surface area contributed by atoms with Crippen molar-refractivity contribution in [2.75, 3.05) is 0 Å². The van der Waals surface area contributed by atoms with Crippen LogP contribution in [0.2, 0.25) is 0 Å². The molecule has 2 aromatic rings. The third-order valence-electron chi connectivity index (χ3n) is 5.25. The van der Waals surface area contributed by atoms with E-state index in [1.165, 1.54) is 25.7 Å². The van der Waals surface area contributed by atoms with E-state index in [2.05, 4.69) is 15.3 Å². The molecule has 3 atom stereocenters. The summed E-state index contributed by atoms with van der Waals surface area (Å²) in [5.74, 6) is 1.16. The highest BCUT2D eigenvalue weighted by atomic mass is 16.2. The van der Waals surface area contributed by atoms with Crippen LogP contribution in [0.25, 0.3) is 10.9 Å². The van der Waals surface area contributed by atoms with Gasteiger partial charge in [0.25, 0.3) is 5.91 Å². The van der Waals surface area contributed by atoms with Gasteiger partial charge in [-0.2, -0.15) is 4.98 Å². The summed E-state index contributed by atoms with van der Waals surface area (Å²) in [5.41, 5.74) is 0.410. The topological polar surface area (TPSA) is 74.8 Å². The summed E-state index contributed by atoms with van der Waals surface area (Å²) in [7, 11) is 0. The zero-order valence-corrected chi connectivity index (χ0v) is 12.3. The molecule has 0 saturated heterocycles. The summed E-state index contributed by atoms with van der Waals surface area (Å²) < 4.78 is 0. The van der Waals surface area contributed by atoms with Gasteiger partial charge in [-0.3, -0.25) is 4.79 Å². The van der Waals surface area contributed by atoms with E-state index in [-0.39, 0.29) is 17.6 Å². The maximum Gasteiger partial charge on any atom is 0.346 e. The molecule has 1 heterocycles. The highest BCUT2D eigenvalue weighted by Gasteiger charge is 2.39. The molecule has 0 unspecified atom stereocenters. The number of fused-ring (bicyclic) bond motifs is 2. The van der Waals surface area contributed by atoms with Crippen LogP contribution in [0, 0.1) is 11.8 Å². The molecule has 1 aromatic carbocycles. The molecule has 2 saturated carbocycles. The molecular formula is C17H19N3O2. The molecule has 0 radical (unpaired) electrons. The Morgan fingerprint density at radius 3 is 2.95 bits per heavy atom. The molecule has 2 fully saturated rings. The smallest absolute Gasteiger partial charge is 0.346 e. The lowest BCUT2D eigenvalue weighted by Crippen LogP contribution is -2.38.